The third-order valence-electron chi connectivity index (χ3n) is 4.35. The minimum atomic E-state index is -3.83. The molecule has 1 aromatic carbocycles. The smallest absolute Gasteiger partial charge is 0.252 e. The number of thiophene rings is 1. The first-order valence-electron chi connectivity index (χ1n) is 8.50. The van der Waals surface area contributed by atoms with E-state index in [-0.39, 0.29) is 16.5 Å². The van der Waals surface area contributed by atoms with Gasteiger partial charge in [0.25, 0.3) is 10.0 Å². The molecule has 0 amide bonds. The summed E-state index contributed by atoms with van der Waals surface area (Å²) in [5, 5.41) is 11.0. The fraction of sp³-hybridized carbons (Fsp3) is 0.368. The summed E-state index contributed by atoms with van der Waals surface area (Å²) < 4.78 is 28.2. The summed E-state index contributed by atoms with van der Waals surface area (Å²) in [5.41, 5.74) is -0.459. The Morgan fingerprint density at radius 1 is 1.27 bits per heavy atom. The maximum absolute atomic E-state index is 12.6. The fourth-order valence-electron chi connectivity index (χ4n) is 2.55. The fourth-order valence-corrected chi connectivity index (χ4v) is 5.41. The van der Waals surface area contributed by atoms with Crippen molar-refractivity contribution in [2.24, 2.45) is 5.92 Å². The van der Waals surface area contributed by atoms with E-state index in [4.69, 9.17) is 11.6 Å². The lowest BCUT2D eigenvalue weighted by Crippen LogP contribution is -2.52. The number of benzene rings is 1. The minimum absolute atomic E-state index is 0.101. The minimum Gasteiger partial charge on any atom is -0.375 e. The van der Waals surface area contributed by atoms with E-state index in [1.165, 1.54) is 12.1 Å². The lowest BCUT2D eigenvalue weighted by Gasteiger charge is -2.34. The lowest BCUT2D eigenvalue weighted by atomic mass is 9.91. The van der Waals surface area contributed by atoms with Crippen LogP contribution in [0.4, 0.5) is 0 Å². The first-order valence-corrected chi connectivity index (χ1v) is 11.2. The van der Waals surface area contributed by atoms with Crippen molar-refractivity contribution in [1.82, 2.24) is 4.72 Å². The molecule has 26 heavy (non-hydrogen) atoms. The molecule has 0 fully saturated rings. The second kappa shape index (κ2) is 9.15. The molecule has 1 heterocycles. The van der Waals surface area contributed by atoms with Crippen molar-refractivity contribution in [1.29, 1.82) is 0 Å². The Kier molecular flexibility index (Phi) is 7.43. The molecule has 4 nitrogen and oxygen atoms in total. The van der Waals surface area contributed by atoms with Gasteiger partial charge in [0.2, 0.25) is 0 Å². The van der Waals surface area contributed by atoms with Crippen LogP contribution in [-0.4, -0.2) is 19.2 Å². The SMILES string of the molecule is CC[C@H](C)[C@@](O)(CC/C=C\c1ccccc1)NS(=O)(=O)c1ccc(Cl)s1. The van der Waals surface area contributed by atoms with Gasteiger partial charge in [-0.3, -0.25) is 0 Å². The number of allylic oxidation sites excluding steroid dienone is 1. The van der Waals surface area contributed by atoms with Crippen molar-refractivity contribution in [3.05, 3.63) is 58.4 Å². The van der Waals surface area contributed by atoms with E-state index < -0.39 is 15.7 Å². The summed E-state index contributed by atoms with van der Waals surface area (Å²) in [6, 6.07) is 12.8. The third kappa shape index (κ3) is 5.66. The van der Waals surface area contributed by atoms with Gasteiger partial charge in [-0.15, -0.1) is 11.3 Å². The molecule has 7 heteroatoms. The van der Waals surface area contributed by atoms with Crippen LogP contribution in [0.5, 0.6) is 0 Å². The number of hydrogen-bond acceptors (Lipinski definition) is 4. The van der Waals surface area contributed by atoms with Gasteiger partial charge in [0.1, 0.15) is 9.93 Å². The van der Waals surface area contributed by atoms with Crippen LogP contribution in [0.25, 0.3) is 6.08 Å². The molecule has 0 aliphatic heterocycles. The van der Waals surface area contributed by atoms with Crippen molar-refractivity contribution in [3.63, 3.8) is 0 Å². The van der Waals surface area contributed by atoms with Gasteiger partial charge in [0, 0.05) is 0 Å². The summed E-state index contributed by atoms with van der Waals surface area (Å²) in [6.45, 7) is 3.76. The molecule has 0 aliphatic rings. The van der Waals surface area contributed by atoms with Gasteiger partial charge in [-0.1, -0.05) is 67.9 Å². The summed E-state index contributed by atoms with van der Waals surface area (Å²) >= 11 is 6.81. The molecule has 2 rings (SSSR count). The number of hydrogen-bond donors (Lipinski definition) is 2. The van der Waals surface area contributed by atoms with Crippen molar-refractivity contribution in [3.8, 4) is 0 Å². The molecule has 0 spiro atoms. The predicted octanol–water partition coefficient (Wildman–Crippen LogP) is 4.91. The molecule has 2 aromatic rings. The quantitative estimate of drug-likeness (QED) is 0.574. The van der Waals surface area contributed by atoms with Crippen molar-refractivity contribution < 1.29 is 13.5 Å². The van der Waals surface area contributed by atoms with Crippen LogP contribution < -0.4 is 4.72 Å². The zero-order valence-electron chi connectivity index (χ0n) is 14.9. The number of nitrogens with one attached hydrogen (secondary N) is 1. The maximum Gasteiger partial charge on any atom is 0.252 e. The van der Waals surface area contributed by atoms with Gasteiger partial charge in [0.15, 0.2) is 0 Å². The van der Waals surface area contributed by atoms with Crippen LogP contribution >= 0.6 is 22.9 Å². The lowest BCUT2D eigenvalue weighted by molar-refractivity contribution is -0.0307. The zero-order valence-corrected chi connectivity index (χ0v) is 17.2. The Morgan fingerprint density at radius 2 is 1.96 bits per heavy atom. The van der Waals surface area contributed by atoms with Crippen molar-refractivity contribution in [2.75, 3.05) is 0 Å². The average Bonchev–Trinajstić information content (AvgIpc) is 3.06. The highest BCUT2D eigenvalue weighted by molar-refractivity contribution is 7.91. The largest absolute Gasteiger partial charge is 0.375 e. The topological polar surface area (TPSA) is 66.4 Å². The summed E-state index contributed by atoms with van der Waals surface area (Å²) in [4.78, 5) is 0. The monoisotopic (exact) mass is 413 g/mol. The highest BCUT2D eigenvalue weighted by atomic mass is 35.5. The first kappa shape index (κ1) is 21.1. The Bertz CT molecular complexity index is 833. The van der Waals surface area contributed by atoms with E-state index in [9.17, 15) is 13.5 Å². The third-order valence-corrected chi connectivity index (χ3v) is 7.58. The van der Waals surface area contributed by atoms with Crippen molar-refractivity contribution >= 4 is 39.0 Å². The average molecular weight is 414 g/mol. The van der Waals surface area contributed by atoms with Crippen LogP contribution in [0.3, 0.4) is 0 Å². The van der Waals surface area contributed by atoms with Crippen molar-refractivity contribution in [2.45, 2.75) is 43.0 Å². The molecular weight excluding hydrogens is 390 g/mol. The highest BCUT2D eigenvalue weighted by Crippen LogP contribution is 2.30. The summed E-state index contributed by atoms with van der Waals surface area (Å²) in [5.74, 6) is -0.238. The van der Waals surface area contributed by atoms with Gasteiger partial charge in [-0.25, -0.2) is 8.42 Å². The molecule has 1 aromatic heterocycles. The van der Waals surface area contributed by atoms with Gasteiger partial charge >= 0.3 is 0 Å². The molecule has 142 valence electrons. The van der Waals surface area contributed by atoms with Crippen LogP contribution in [-0.2, 0) is 10.0 Å². The molecular formula is C19H24ClNO3S2. The molecule has 0 saturated heterocycles. The van der Waals surface area contributed by atoms with Crippen LogP contribution in [0.1, 0.15) is 38.7 Å². The molecule has 2 N–H and O–H groups in total. The highest BCUT2D eigenvalue weighted by Gasteiger charge is 2.37. The van der Waals surface area contributed by atoms with Gasteiger partial charge < -0.3 is 5.11 Å². The second-order valence-electron chi connectivity index (χ2n) is 6.25. The van der Waals surface area contributed by atoms with Gasteiger partial charge in [0.05, 0.1) is 4.34 Å². The number of rotatable bonds is 9. The number of aliphatic hydroxyl groups is 1. The predicted molar refractivity (Wildman–Crippen MR) is 109 cm³/mol. The van der Waals surface area contributed by atoms with E-state index in [0.717, 1.165) is 16.9 Å². The van der Waals surface area contributed by atoms with Crippen LogP contribution in [0.2, 0.25) is 4.34 Å². The molecule has 0 bridgehead atoms. The molecule has 0 saturated carbocycles. The van der Waals surface area contributed by atoms with Gasteiger partial charge in [-0.2, -0.15) is 4.72 Å². The molecule has 0 aliphatic carbocycles. The second-order valence-corrected chi connectivity index (χ2v) is 9.87. The summed E-state index contributed by atoms with van der Waals surface area (Å²) in [7, 11) is -3.83. The molecule has 0 radical (unpaired) electrons. The Morgan fingerprint density at radius 3 is 2.54 bits per heavy atom. The van der Waals surface area contributed by atoms with E-state index in [1.54, 1.807) is 0 Å². The van der Waals surface area contributed by atoms with Crippen LogP contribution in [0.15, 0.2) is 52.7 Å². The van der Waals surface area contributed by atoms with Crippen LogP contribution in [0, 0.1) is 5.92 Å². The zero-order chi connectivity index (χ0) is 19.2. The summed E-state index contributed by atoms with van der Waals surface area (Å²) in [6.07, 6.45) is 5.38. The molecule has 0 unspecified atom stereocenters. The Balaban J connectivity index is 2.10. The Labute approximate surface area is 164 Å². The first-order chi connectivity index (χ1) is 12.3. The van der Waals surface area contributed by atoms with E-state index in [1.807, 2.05) is 56.3 Å². The Hall–Kier alpha value is -1.18. The van der Waals surface area contributed by atoms with Gasteiger partial charge in [-0.05, 0) is 42.9 Å². The maximum atomic E-state index is 12.6. The number of sulfonamides is 1. The standard InChI is InChI=1S/C19H24ClNO3S2/c1-3-15(2)19(22,14-8-7-11-16-9-5-4-6-10-16)21-26(23,24)18-13-12-17(20)25-18/h4-7,9-13,15,21-22H,3,8,14H2,1-2H3/b11-7-/t15-,19-/m0/s1. The number of halogens is 1. The normalized spacial score (nSPS) is 15.8. The van der Waals surface area contributed by atoms with E-state index in [0.29, 0.717) is 17.2 Å². The molecule has 2 atom stereocenters. The van der Waals surface area contributed by atoms with E-state index >= 15 is 0 Å². The van der Waals surface area contributed by atoms with E-state index in [2.05, 4.69) is 4.72 Å².